The van der Waals surface area contributed by atoms with Crippen LogP contribution in [-0.2, 0) is 10.9 Å². The van der Waals surface area contributed by atoms with Gasteiger partial charge >= 0.3 is 6.18 Å². The van der Waals surface area contributed by atoms with Crippen molar-refractivity contribution in [2.24, 2.45) is 0 Å². The van der Waals surface area contributed by atoms with Gasteiger partial charge in [0.05, 0.1) is 30.8 Å². The van der Waals surface area contributed by atoms with Crippen molar-refractivity contribution in [1.82, 2.24) is 4.90 Å². The summed E-state index contributed by atoms with van der Waals surface area (Å²) in [5.41, 5.74) is -0.217. The Hall–Kier alpha value is -1.58. The normalized spacial score (nSPS) is 13.3. The summed E-state index contributed by atoms with van der Waals surface area (Å²) >= 11 is 0. The van der Waals surface area contributed by atoms with Crippen LogP contribution < -0.4 is 0 Å². The Bertz CT molecular complexity index is 454. The van der Waals surface area contributed by atoms with Gasteiger partial charge < -0.3 is 4.74 Å². The highest BCUT2D eigenvalue weighted by Crippen LogP contribution is 2.31. The molecule has 0 aromatic heterocycles. The predicted molar refractivity (Wildman–Crippen MR) is 64.3 cm³/mol. The van der Waals surface area contributed by atoms with Crippen molar-refractivity contribution in [3.8, 4) is 6.07 Å². The fourth-order valence-corrected chi connectivity index (χ4v) is 1.78. The monoisotopic (exact) mass is 272 g/mol. The zero-order valence-electron chi connectivity index (χ0n) is 10.7. The second kappa shape index (κ2) is 6.55. The SMILES string of the molecule is COC[C@H](c1cccc(C(F)(F)F)c1)N(C)CC#N. The number of nitrogens with zero attached hydrogens (tertiary/aromatic N) is 2. The van der Waals surface area contributed by atoms with Crippen molar-refractivity contribution in [3.05, 3.63) is 35.4 Å². The highest BCUT2D eigenvalue weighted by atomic mass is 19.4. The van der Waals surface area contributed by atoms with E-state index in [0.717, 1.165) is 12.1 Å². The van der Waals surface area contributed by atoms with Gasteiger partial charge in [-0.15, -0.1) is 0 Å². The molecule has 104 valence electrons. The molecule has 0 aliphatic heterocycles. The van der Waals surface area contributed by atoms with Crippen LogP contribution in [0.5, 0.6) is 0 Å². The maximum Gasteiger partial charge on any atom is 0.416 e. The van der Waals surface area contributed by atoms with Crippen LogP contribution in [0.25, 0.3) is 0 Å². The molecule has 0 amide bonds. The number of halogens is 3. The Morgan fingerprint density at radius 3 is 2.63 bits per heavy atom. The number of hydrogen-bond acceptors (Lipinski definition) is 3. The van der Waals surface area contributed by atoms with Gasteiger partial charge in [0.1, 0.15) is 0 Å². The predicted octanol–water partition coefficient (Wildman–Crippen LogP) is 2.85. The van der Waals surface area contributed by atoms with Crippen LogP contribution in [0.3, 0.4) is 0 Å². The van der Waals surface area contributed by atoms with E-state index in [1.54, 1.807) is 18.0 Å². The standard InChI is InChI=1S/C13H15F3N2O/c1-18(7-6-17)12(9-19-2)10-4-3-5-11(8-10)13(14,15)16/h3-5,8,12H,7,9H2,1-2H3/t12-/m1/s1. The second-order valence-electron chi connectivity index (χ2n) is 4.17. The molecule has 19 heavy (non-hydrogen) atoms. The van der Waals surface area contributed by atoms with E-state index >= 15 is 0 Å². The van der Waals surface area contributed by atoms with Gasteiger partial charge in [0.2, 0.25) is 0 Å². The van der Waals surface area contributed by atoms with E-state index < -0.39 is 11.7 Å². The van der Waals surface area contributed by atoms with Crippen LogP contribution in [0.1, 0.15) is 17.2 Å². The van der Waals surface area contributed by atoms with E-state index in [9.17, 15) is 13.2 Å². The van der Waals surface area contributed by atoms with Crippen molar-refractivity contribution in [2.45, 2.75) is 12.2 Å². The minimum atomic E-state index is -4.37. The maximum atomic E-state index is 12.7. The zero-order valence-corrected chi connectivity index (χ0v) is 10.7. The molecule has 0 aliphatic rings. The first-order valence-corrected chi connectivity index (χ1v) is 5.63. The van der Waals surface area contributed by atoms with Gasteiger partial charge in [0.15, 0.2) is 0 Å². The van der Waals surface area contributed by atoms with Crippen molar-refractivity contribution >= 4 is 0 Å². The van der Waals surface area contributed by atoms with Crippen molar-refractivity contribution in [2.75, 3.05) is 27.3 Å². The highest BCUT2D eigenvalue weighted by Gasteiger charge is 2.31. The smallest absolute Gasteiger partial charge is 0.383 e. The van der Waals surface area contributed by atoms with Crippen LogP contribution in [0.4, 0.5) is 13.2 Å². The van der Waals surface area contributed by atoms with E-state index in [0.29, 0.717) is 5.56 Å². The lowest BCUT2D eigenvalue weighted by molar-refractivity contribution is -0.137. The Morgan fingerprint density at radius 2 is 2.11 bits per heavy atom. The highest BCUT2D eigenvalue weighted by molar-refractivity contribution is 5.28. The average molecular weight is 272 g/mol. The molecule has 6 heteroatoms. The first kappa shape index (κ1) is 15.5. The number of nitriles is 1. The zero-order chi connectivity index (χ0) is 14.5. The third-order valence-corrected chi connectivity index (χ3v) is 2.78. The number of ether oxygens (including phenoxy) is 1. The summed E-state index contributed by atoms with van der Waals surface area (Å²) in [6.07, 6.45) is -4.37. The molecule has 0 N–H and O–H groups in total. The summed E-state index contributed by atoms with van der Waals surface area (Å²) in [6, 6.07) is 6.67. The lowest BCUT2D eigenvalue weighted by Crippen LogP contribution is -2.28. The van der Waals surface area contributed by atoms with Crippen LogP contribution in [0.15, 0.2) is 24.3 Å². The van der Waals surface area contributed by atoms with Crippen LogP contribution in [0, 0.1) is 11.3 Å². The number of alkyl halides is 3. The molecule has 0 radical (unpaired) electrons. The largest absolute Gasteiger partial charge is 0.416 e. The van der Waals surface area contributed by atoms with Crippen LogP contribution >= 0.6 is 0 Å². The molecule has 1 atom stereocenters. The summed E-state index contributed by atoms with van der Waals surface area (Å²) in [6.45, 7) is 0.337. The van der Waals surface area contributed by atoms with E-state index in [1.807, 2.05) is 6.07 Å². The Labute approximate surface area is 110 Å². The lowest BCUT2D eigenvalue weighted by Gasteiger charge is -2.26. The summed E-state index contributed by atoms with van der Waals surface area (Å²) in [5.74, 6) is 0. The third-order valence-electron chi connectivity index (χ3n) is 2.78. The molecular weight excluding hydrogens is 257 g/mol. The molecule has 1 aromatic carbocycles. The van der Waals surface area contributed by atoms with Gasteiger partial charge in [-0.25, -0.2) is 0 Å². The van der Waals surface area contributed by atoms with E-state index in [2.05, 4.69) is 0 Å². The fourth-order valence-electron chi connectivity index (χ4n) is 1.78. The van der Waals surface area contributed by atoms with Crippen LogP contribution in [0.2, 0.25) is 0 Å². The fraction of sp³-hybridized carbons (Fsp3) is 0.462. The molecule has 0 bridgehead atoms. The molecule has 0 saturated carbocycles. The molecule has 1 rings (SSSR count). The lowest BCUT2D eigenvalue weighted by atomic mass is 10.0. The van der Waals surface area contributed by atoms with Crippen LogP contribution in [-0.4, -0.2) is 32.2 Å². The van der Waals surface area contributed by atoms with Gasteiger partial charge in [0.25, 0.3) is 0 Å². The number of hydrogen-bond donors (Lipinski definition) is 0. The molecule has 1 aromatic rings. The number of rotatable bonds is 5. The first-order valence-electron chi connectivity index (χ1n) is 5.63. The Balaban J connectivity index is 3.06. The van der Waals surface area contributed by atoms with Gasteiger partial charge in [-0.2, -0.15) is 18.4 Å². The quantitative estimate of drug-likeness (QED) is 0.773. The van der Waals surface area contributed by atoms with Gasteiger partial charge in [-0.05, 0) is 24.7 Å². The van der Waals surface area contributed by atoms with E-state index in [-0.39, 0.29) is 19.2 Å². The number of benzene rings is 1. The van der Waals surface area contributed by atoms with E-state index in [1.165, 1.54) is 13.2 Å². The van der Waals surface area contributed by atoms with Crippen molar-refractivity contribution < 1.29 is 17.9 Å². The Kier molecular flexibility index (Phi) is 5.33. The Morgan fingerprint density at radius 1 is 1.42 bits per heavy atom. The summed E-state index contributed by atoms with van der Waals surface area (Å²) < 4.78 is 43.0. The maximum absolute atomic E-state index is 12.7. The molecule has 0 heterocycles. The van der Waals surface area contributed by atoms with Crippen molar-refractivity contribution in [1.29, 1.82) is 5.26 Å². The molecule has 0 aliphatic carbocycles. The minimum Gasteiger partial charge on any atom is -0.383 e. The minimum absolute atomic E-state index is 0.115. The topological polar surface area (TPSA) is 36.3 Å². The second-order valence-corrected chi connectivity index (χ2v) is 4.17. The van der Waals surface area contributed by atoms with Gasteiger partial charge in [-0.1, -0.05) is 12.1 Å². The van der Waals surface area contributed by atoms with Crippen molar-refractivity contribution in [3.63, 3.8) is 0 Å². The summed E-state index contributed by atoms with van der Waals surface area (Å²) in [4.78, 5) is 1.65. The first-order chi connectivity index (χ1) is 8.90. The average Bonchev–Trinajstić information content (AvgIpc) is 2.35. The molecule has 0 fully saturated rings. The molecule has 0 saturated heterocycles. The third kappa shape index (κ3) is 4.23. The van der Waals surface area contributed by atoms with Gasteiger partial charge in [0, 0.05) is 7.11 Å². The molecule has 0 unspecified atom stereocenters. The number of methoxy groups -OCH3 is 1. The molecule has 3 nitrogen and oxygen atoms in total. The van der Waals surface area contributed by atoms with E-state index in [4.69, 9.17) is 10.00 Å². The summed E-state index contributed by atoms with van der Waals surface area (Å²) in [5, 5.41) is 8.67. The molecule has 0 spiro atoms. The number of likely N-dealkylation sites (N-methyl/N-ethyl adjacent to an activating group) is 1. The van der Waals surface area contributed by atoms with Gasteiger partial charge in [-0.3, -0.25) is 4.90 Å². The molecular formula is C13H15F3N2O. The summed E-state index contributed by atoms with van der Waals surface area (Å²) in [7, 11) is 3.15.